The highest BCUT2D eigenvalue weighted by Crippen LogP contribution is 2.62. The molecule has 7 rings (SSSR count). The van der Waals surface area contributed by atoms with Gasteiger partial charge in [-0.25, -0.2) is 18.9 Å². The molecule has 0 saturated heterocycles. The number of rotatable bonds is 10. The van der Waals surface area contributed by atoms with Crippen molar-refractivity contribution in [3.63, 3.8) is 0 Å². The molecule has 4 fully saturated rings. The van der Waals surface area contributed by atoms with E-state index in [1.54, 1.807) is 39.4 Å². The van der Waals surface area contributed by atoms with Crippen LogP contribution in [0.2, 0.25) is 0 Å². The van der Waals surface area contributed by atoms with Crippen molar-refractivity contribution in [1.82, 2.24) is 19.0 Å². The number of amides is 1. The molecule has 10 nitrogen and oxygen atoms in total. The van der Waals surface area contributed by atoms with Crippen molar-refractivity contribution in [2.45, 2.75) is 83.5 Å². The second-order valence-corrected chi connectivity index (χ2v) is 15.0. The van der Waals surface area contributed by atoms with Gasteiger partial charge in [-0.1, -0.05) is 12.1 Å². The van der Waals surface area contributed by atoms with Gasteiger partial charge >= 0.3 is 16.3 Å². The molecule has 1 amide bonds. The van der Waals surface area contributed by atoms with Gasteiger partial charge in [-0.05, 0) is 83.1 Å². The normalized spacial score (nSPS) is 29.3. The zero-order valence-corrected chi connectivity index (χ0v) is 25.1. The van der Waals surface area contributed by atoms with Crippen molar-refractivity contribution in [1.29, 1.82) is 0 Å². The van der Waals surface area contributed by atoms with E-state index in [1.165, 1.54) is 6.07 Å². The van der Waals surface area contributed by atoms with Crippen molar-refractivity contribution < 1.29 is 31.9 Å². The molecule has 0 radical (unpaired) electrons. The number of fused-ring (bicyclic) bond motifs is 3. The van der Waals surface area contributed by atoms with Crippen LogP contribution in [0.25, 0.3) is 11.3 Å². The lowest BCUT2D eigenvalue weighted by atomic mass is 9.47. The minimum absolute atomic E-state index is 0.0453. The van der Waals surface area contributed by atoms with Crippen LogP contribution in [0.4, 0.5) is 9.18 Å². The number of halogens is 1. The van der Waals surface area contributed by atoms with Crippen LogP contribution in [0.15, 0.2) is 30.7 Å². The molecule has 2 aromatic rings. The number of nitrogens with zero attached hydrogens (tertiary/aromatic N) is 2. The number of hydrogen-bond acceptors (Lipinski definition) is 7. The molecule has 2 heterocycles. The summed E-state index contributed by atoms with van der Waals surface area (Å²) in [6.45, 7) is 5.44. The highest BCUT2D eigenvalue weighted by atomic mass is 32.2. The van der Waals surface area contributed by atoms with Gasteiger partial charge in [0.2, 0.25) is 0 Å². The first-order chi connectivity index (χ1) is 19.8. The summed E-state index contributed by atoms with van der Waals surface area (Å²) in [5.74, 6) is 0.988. The zero-order valence-electron chi connectivity index (χ0n) is 24.3. The number of carbonyl (C=O) groups is 2. The van der Waals surface area contributed by atoms with Gasteiger partial charge in [-0.2, -0.15) is 13.1 Å². The third-order valence-corrected chi connectivity index (χ3v) is 10.4. The molecule has 4 aliphatic carbocycles. The summed E-state index contributed by atoms with van der Waals surface area (Å²) in [6.07, 6.45) is 7.68. The summed E-state index contributed by atoms with van der Waals surface area (Å²) >= 11 is 0. The van der Waals surface area contributed by atoms with Crippen molar-refractivity contribution >= 4 is 22.1 Å². The van der Waals surface area contributed by atoms with Crippen molar-refractivity contribution in [2.75, 3.05) is 13.2 Å². The summed E-state index contributed by atoms with van der Waals surface area (Å²) in [4.78, 5) is 30.1. The number of Topliss-reactive ketones (excluding diaryl/α,β-unsaturated/α-hetero) is 1. The van der Waals surface area contributed by atoms with Gasteiger partial charge in [0.15, 0.2) is 0 Å². The highest BCUT2D eigenvalue weighted by molar-refractivity contribution is 7.88. The predicted octanol–water partition coefficient (Wildman–Crippen LogP) is 4.51. The van der Waals surface area contributed by atoms with Crippen molar-refractivity contribution in [3.05, 3.63) is 42.1 Å². The first kappa shape index (κ1) is 29.3. The maximum Gasteiger partial charge on any atom is 0.422 e. The number of ether oxygens (including phenoxy) is 2. The molecule has 1 aliphatic heterocycles. The third-order valence-electron chi connectivity index (χ3n) is 9.36. The maximum absolute atomic E-state index is 15.0. The second kappa shape index (κ2) is 10.7. The second-order valence-electron chi connectivity index (χ2n) is 13.5. The Bertz CT molecular complexity index is 1470. The number of ketones is 1. The summed E-state index contributed by atoms with van der Waals surface area (Å²) in [5, 5.41) is 0. The number of nitrogens with one attached hydrogen (secondary N) is 2. The Morgan fingerprint density at radius 3 is 2.62 bits per heavy atom. The van der Waals surface area contributed by atoms with Gasteiger partial charge in [0, 0.05) is 36.1 Å². The Morgan fingerprint density at radius 2 is 1.90 bits per heavy atom. The number of carbonyl (C=O) groups excluding carboxylic acids is 2. The molecule has 2 N–H and O–H groups in total. The number of aromatic nitrogens is 2. The largest absolute Gasteiger partial charge is 0.443 e. The Hall–Kier alpha value is -2.83. The van der Waals surface area contributed by atoms with E-state index >= 15 is 0 Å². The van der Waals surface area contributed by atoms with Crippen LogP contribution >= 0.6 is 0 Å². The highest BCUT2D eigenvalue weighted by Gasteiger charge is 2.58. The zero-order chi connectivity index (χ0) is 29.9. The SMILES string of the molecule is CC(C)(C)OC(=O)NS(=O)(=O)NCCCOC1C2CC3CC1CC(C(=O)CC1c4c(F)cccc4-c4cncn41)(C3)C2. The van der Waals surface area contributed by atoms with Crippen LogP contribution in [0.5, 0.6) is 0 Å². The molecular formula is C30H39FN4O6S. The molecule has 0 spiro atoms. The molecule has 1 aromatic heterocycles. The van der Waals surface area contributed by atoms with Gasteiger partial charge in [0.05, 0.1) is 30.4 Å². The van der Waals surface area contributed by atoms with Crippen LogP contribution < -0.4 is 9.44 Å². The molecule has 228 valence electrons. The summed E-state index contributed by atoms with van der Waals surface area (Å²) < 4.78 is 56.7. The lowest BCUT2D eigenvalue weighted by Crippen LogP contribution is -2.57. The average Bonchev–Trinajstić information content (AvgIpc) is 3.46. The molecule has 3 atom stereocenters. The van der Waals surface area contributed by atoms with Gasteiger partial charge in [-0.15, -0.1) is 0 Å². The lowest BCUT2D eigenvalue weighted by molar-refractivity contribution is -0.172. The topological polar surface area (TPSA) is 129 Å². The van der Waals surface area contributed by atoms with E-state index < -0.39 is 27.3 Å². The predicted molar refractivity (Wildman–Crippen MR) is 152 cm³/mol. The average molecular weight is 603 g/mol. The molecule has 4 bridgehead atoms. The molecule has 42 heavy (non-hydrogen) atoms. The smallest absolute Gasteiger partial charge is 0.422 e. The molecular weight excluding hydrogens is 563 g/mol. The fourth-order valence-corrected chi connectivity index (χ4v) is 8.87. The van der Waals surface area contributed by atoms with Crippen molar-refractivity contribution in [3.8, 4) is 11.3 Å². The minimum Gasteiger partial charge on any atom is -0.443 e. The standard InChI is InChI=1S/C30H39FN4O6S/c1-29(2,3)41-28(37)34-42(38,39)33-8-5-9-40-27-19-10-18-11-20(27)15-30(13-18,14-19)25(36)12-23-26-21(6-4-7-22(26)31)24-16-32-17-35(23)24/h4,6-7,16-20,23,27,33H,5,8-15H2,1-3H3,(H,34,37). The van der Waals surface area contributed by atoms with Gasteiger partial charge in [0.1, 0.15) is 17.2 Å². The van der Waals surface area contributed by atoms with Crippen LogP contribution in [0.1, 0.15) is 77.3 Å². The van der Waals surface area contributed by atoms with Gasteiger partial charge in [0.25, 0.3) is 0 Å². The monoisotopic (exact) mass is 602 g/mol. The fraction of sp³-hybridized carbons (Fsp3) is 0.633. The van der Waals surface area contributed by atoms with E-state index in [0.29, 0.717) is 24.5 Å². The van der Waals surface area contributed by atoms with Gasteiger partial charge in [-0.3, -0.25) is 4.79 Å². The van der Waals surface area contributed by atoms with E-state index in [1.807, 2.05) is 15.4 Å². The fourth-order valence-electron chi connectivity index (χ4n) is 8.13. The Balaban J connectivity index is 1.03. The molecule has 12 heteroatoms. The van der Waals surface area contributed by atoms with E-state index in [-0.39, 0.29) is 48.5 Å². The van der Waals surface area contributed by atoms with Crippen LogP contribution in [-0.4, -0.2) is 54.7 Å². The number of benzene rings is 1. The molecule has 3 unspecified atom stereocenters. The van der Waals surface area contributed by atoms with Crippen molar-refractivity contribution in [2.24, 2.45) is 23.2 Å². The Kier molecular flexibility index (Phi) is 7.46. The quantitative estimate of drug-likeness (QED) is 0.383. The number of hydrogen-bond donors (Lipinski definition) is 2. The minimum atomic E-state index is -4.04. The van der Waals surface area contributed by atoms with Crippen LogP contribution in [0, 0.1) is 29.0 Å². The first-order valence-electron chi connectivity index (χ1n) is 14.8. The van der Waals surface area contributed by atoms with Gasteiger partial charge < -0.3 is 14.0 Å². The first-order valence-corrected chi connectivity index (χ1v) is 16.3. The van der Waals surface area contributed by atoms with Crippen LogP contribution in [-0.2, 0) is 24.5 Å². The maximum atomic E-state index is 15.0. The number of imidazole rings is 1. The summed E-state index contributed by atoms with van der Waals surface area (Å²) in [5.41, 5.74) is 1.05. The molecule has 5 aliphatic rings. The summed E-state index contributed by atoms with van der Waals surface area (Å²) in [7, 11) is -4.04. The third kappa shape index (κ3) is 5.60. The molecule has 1 aromatic carbocycles. The van der Waals surface area contributed by atoms with Crippen LogP contribution in [0.3, 0.4) is 0 Å². The lowest BCUT2D eigenvalue weighted by Gasteiger charge is -2.59. The van der Waals surface area contributed by atoms with E-state index in [0.717, 1.165) is 43.4 Å². The molecule has 4 saturated carbocycles. The summed E-state index contributed by atoms with van der Waals surface area (Å²) in [6, 6.07) is 4.68. The van der Waals surface area contributed by atoms with E-state index in [9.17, 15) is 22.4 Å². The van der Waals surface area contributed by atoms with E-state index in [4.69, 9.17) is 9.47 Å². The van der Waals surface area contributed by atoms with E-state index in [2.05, 4.69) is 9.71 Å². The Morgan fingerprint density at radius 1 is 1.17 bits per heavy atom. The Labute approximate surface area is 245 Å².